The minimum atomic E-state index is -0.983. The zero-order chi connectivity index (χ0) is 13.7. The second-order valence-corrected chi connectivity index (χ2v) is 5.42. The maximum Gasteiger partial charge on any atom is 0.287 e. The largest absolute Gasteiger partial charge is 0.351 e. The molecule has 1 amide bonds. The Kier molecular flexibility index (Phi) is 5.24. The van der Waals surface area contributed by atoms with Gasteiger partial charge in [-0.1, -0.05) is 11.6 Å². The number of amides is 1. The summed E-state index contributed by atoms with van der Waals surface area (Å²) in [6.45, 7) is 0.274. The summed E-state index contributed by atoms with van der Waals surface area (Å²) in [6.07, 6.45) is 1.54. The van der Waals surface area contributed by atoms with Gasteiger partial charge in [0.15, 0.2) is 0 Å². The Morgan fingerprint density at radius 1 is 1.56 bits per heavy atom. The van der Waals surface area contributed by atoms with E-state index in [0.717, 1.165) is 0 Å². The van der Waals surface area contributed by atoms with Crippen LogP contribution >= 0.6 is 11.6 Å². The van der Waals surface area contributed by atoms with Crippen LogP contribution in [0.15, 0.2) is 18.2 Å². The monoisotopic (exact) mass is 290 g/mol. The molecule has 1 aromatic carbocycles. The Hall–Kier alpha value is -1.47. The van der Waals surface area contributed by atoms with Gasteiger partial charge in [0.1, 0.15) is 5.02 Å². The van der Waals surface area contributed by atoms with Crippen LogP contribution in [0.2, 0.25) is 5.02 Å². The molecule has 0 saturated carbocycles. The fourth-order valence-corrected chi connectivity index (χ4v) is 1.85. The molecule has 0 fully saturated rings. The van der Waals surface area contributed by atoms with Crippen molar-refractivity contribution in [1.29, 1.82) is 0 Å². The molecule has 1 aromatic rings. The highest BCUT2D eigenvalue weighted by Gasteiger charge is 2.14. The minimum absolute atomic E-state index is 0.0910. The molecule has 0 aliphatic heterocycles. The lowest BCUT2D eigenvalue weighted by molar-refractivity contribution is -0.384. The molecule has 8 heteroatoms. The highest BCUT2D eigenvalue weighted by molar-refractivity contribution is 7.84. The van der Waals surface area contributed by atoms with Gasteiger partial charge in [-0.05, 0) is 12.1 Å². The van der Waals surface area contributed by atoms with E-state index in [9.17, 15) is 19.1 Å². The number of halogens is 1. The summed E-state index contributed by atoms with van der Waals surface area (Å²) in [7, 11) is -0.983. The van der Waals surface area contributed by atoms with Gasteiger partial charge in [-0.25, -0.2) is 0 Å². The van der Waals surface area contributed by atoms with E-state index in [2.05, 4.69) is 5.32 Å². The average Bonchev–Trinajstić information content (AvgIpc) is 2.27. The second-order valence-electron chi connectivity index (χ2n) is 3.46. The quantitative estimate of drug-likeness (QED) is 0.655. The Morgan fingerprint density at radius 3 is 2.72 bits per heavy atom. The number of benzene rings is 1. The van der Waals surface area contributed by atoms with E-state index < -0.39 is 21.6 Å². The van der Waals surface area contributed by atoms with Crippen LogP contribution in [0.1, 0.15) is 10.4 Å². The molecular weight excluding hydrogens is 280 g/mol. The molecule has 0 bridgehead atoms. The molecule has 0 aromatic heterocycles. The minimum Gasteiger partial charge on any atom is -0.351 e. The maximum absolute atomic E-state index is 11.6. The third-order valence-electron chi connectivity index (χ3n) is 2.08. The normalized spacial score (nSPS) is 11.9. The van der Waals surface area contributed by atoms with Crippen molar-refractivity contribution in [2.75, 3.05) is 18.6 Å². The standard InChI is InChI=1S/C10H11ClN2O4S/c1-18(17)5-4-12-10(14)7-2-3-9(13(15)16)8(11)6-7/h2-3,6H,4-5H2,1H3,(H,12,14). The van der Waals surface area contributed by atoms with E-state index in [1.807, 2.05) is 0 Å². The van der Waals surface area contributed by atoms with Crippen molar-refractivity contribution in [2.45, 2.75) is 0 Å². The van der Waals surface area contributed by atoms with E-state index in [-0.39, 0.29) is 22.8 Å². The highest BCUT2D eigenvalue weighted by Crippen LogP contribution is 2.24. The molecule has 0 aliphatic rings. The number of rotatable bonds is 5. The predicted octanol–water partition coefficient (Wildman–Crippen LogP) is 1.36. The fraction of sp³-hybridized carbons (Fsp3) is 0.300. The van der Waals surface area contributed by atoms with E-state index in [0.29, 0.717) is 5.75 Å². The number of hydrogen-bond acceptors (Lipinski definition) is 4. The third kappa shape index (κ3) is 4.08. The molecule has 0 spiro atoms. The number of hydrogen-bond donors (Lipinski definition) is 1. The van der Waals surface area contributed by atoms with Gasteiger partial charge in [0.2, 0.25) is 0 Å². The third-order valence-corrected chi connectivity index (χ3v) is 3.16. The summed E-state index contributed by atoms with van der Waals surface area (Å²) in [5.74, 6) is -0.0517. The smallest absolute Gasteiger partial charge is 0.287 e. The molecule has 0 aliphatic carbocycles. The van der Waals surface area contributed by atoms with Gasteiger partial charge in [0, 0.05) is 41.0 Å². The lowest BCUT2D eigenvalue weighted by atomic mass is 10.2. The number of nitrogens with zero attached hydrogens (tertiary/aromatic N) is 1. The Bertz CT molecular complexity index is 507. The first kappa shape index (κ1) is 14.6. The second kappa shape index (κ2) is 6.46. The van der Waals surface area contributed by atoms with Gasteiger partial charge < -0.3 is 5.32 Å². The van der Waals surface area contributed by atoms with Gasteiger partial charge in [0.25, 0.3) is 11.6 Å². The van der Waals surface area contributed by atoms with Gasteiger partial charge in [-0.2, -0.15) is 0 Å². The molecule has 18 heavy (non-hydrogen) atoms. The Balaban J connectivity index is 2.72. The molecule has 1 N–H and O–H groups in total. The van der Waals surface area contributed by atoms with Gasteiger partial charge in [-0.3, -0.25) is 19.1 Å². The zero-order valence-electron chi connectivity index (χ0n) is 9.51. The first-order chi connectivity index (χ1) is 8.41. The van der Waals surface area contributed by atoms with Crippen molar-refractivity contribution in [2.24, 2.45) is 0 Å². The fourth-order valence-electron chi connectivity index (χ4n) is 1.21. The molecule has 0 radical (unpaired) electrons. The van der Waals surface area contributed by atoms with Crippen molar-refractivity contribution in [1.82, 2.24) is 5.32 Å². The van der Waals surface area contributed by atoms with Gasteiger partial charge in [-0.15, -0.1) is 0 Å². The summed E-state index contributed by atoms with van der Waals surface area (Å²) in [5, 5.41) is 13.0. The van der Waals surface area contributed by atoms with Crippen molar-refractivity contribution >= 4 is 34.0 Å². The number of nitrogens with one attached hydrogen (secondary N) is 1. The number of carbonyl (C=O) groups is 1. The molecule has 1 unspecified atom stereocenters. The van der Waals surface area contributed by atoms with Crippen LogP contribution in [0.4, 0.5) is 5.69 Å². The van der Waals surface area contributed by atoms with E-state index in [4.69, 9.17) is 11.6 Å². The van der Waals surface area contributed by atoms with Crippen LogP contribution < -0.4 is 5.32 Å². The maximum atomic E-state index is 11.6. The molecular formula is C10H11ClN2O4S. The van der Waals surface area contributed by atoms with E-state index in [1.54, 1.807) is 0 Å². The van der Waals surface area contributed by atoms with Crippen LogP contribution in [0.3, 0.4) is 0 Å². The summed E-state index contributed by atoms with van der Waals surface area (Å²) in [4.78, 5) is 21.5. The Morgan fingerprint density at radius 2 is 2.22 bits per heavy atom. The highest BCUT2D eigenvalue weighted by atomic mass is 35.5. The topological polar surface area (TPSA) is 89.3 Å². The Labute approximate surface area is 111 Å². The van der Waals surface area contributed by atoms with Gasteiger partial charge in [0.05, 0.1) is 4.92 Å². The number of nitro groups is 1. The molecule has 0 saturated heterocycles. The number of nitro benzene ring substituents is 1. The summed E-state index contributed by atoms with van der Waals surface area (Å²) >= 11 is 5.68. The van der Waals surface area contributed by atoms with Crippen molar-refractivity contribution < 1.29 is 13.9 Å². The lowest BCUT2D eigenvalue weighted by Gasteiger charge is -2.04. The summed E-state index contributed by atoms with van der Waals surface area (Å²) in [5.41, 5.74) is -0.0182. The molecule has 6 nitrogen and oxygen atoms in total. The van der Waals surface area contributed by atoms with E-state index >= 15 is 0 Å². The average molecular weight is 291 g/mol. The SMILES string of the molecule is CS(=O)CCNC(=O)c1ccc([N+](=O)[O-])c(Cl)c1. The van der Waals surface area contributed by atoms with Crippen LogP contribution in [-0.2, 0) is 10.8 Å². The first-order valence-electron chi connectivity index (χ1n) is 4.94. The van der Waals surface area contributed by atoms with Crippen molar-refractivity contribution in [3.8, 4) is 0 Å². The van der Waals surface area contributed by atoms with Crippen molar-refractivity contribution in [3.63, 3.8) is 0 Å². The molecule has 1 atom stereocenters. The molecule has 1 rings (SSSR count). The van der Waals surface area contributed by atoms with E-state index in [1.165, 1.54) is 24.5 Å². The number of carbonyl (C=O) groups excluding carboxylic acids is 1. The van der Waals surface area contributed by atoms with Crippen LogP contribution in [0.25, 0.3) is 0 Å². The van der Waals surface area contributed by atoms with Crippen LogP contribution in [0.5, 0.6) is 0 Å². The lowest BCUT2D eigenvalue weighted by Crippen LogP contribution is -2.27. The molecule has 98 valence electrons. The summed E-state index contributed by atoms with van der Waals surface area (Å²) in [6, 6.07) is 3.73. The van der Waals surface area contributed by atoms with Crippen LogP contribution in [-0.4, -0.2) is 33.6 Å². The van der Waals surface area contributed by atoms with Crippen molar-refractivity contribution in [3.05, 3.63) is 38.9 Å². The molecule has 0 heterocycles. The first-order valence-corrected chi connectivity index (χ1v) is 7.04. The van der Waals surface area contributed by atoms with Crippen LogP contribution in [0, 0.1) is 10.1 Å². The zero-order valence-corrected chi connectivity index (χ0v) is 11.1. The summed E-state index contributed by atoms with van der Waals surface area (Å²) < 4.78 is 10.8. The predicted molar refractivity (Wildman–Crippen MR) is 69.4 cm³/mol. The van der Waals surface area contributed by atoms with Gasteiger partial charge >= 0.3 is 0 Å².